The number of nitrogens with zero attached hydrogens (tertiary/aromatic N) is 2. The van der Waals surface area contributed by atoms with Crippen LogP contribution in [0.2, 0.25) is 0 Å². The first-order valence-electron chi connectivity index (χ1n) is 16.9. The van der Waals surface area contributed by atoms with Crippen LogP contribution >= 0.6 is 11.3 Å². The number of aromatic nitrogens is 2. The van der Waals surface area contributed by atoms with Crippen LogP contribution in [0.4, 0.5) is 0 Å². The van der Waals surface area contributed by atoms with E-state index >= 15 is 0 Å². The molecule has 0 N–H and O–H groups in total. The Morgan fingerprint density at radius 3 is 2.00 bits per heavy atom. The fourth-order valence-corrected chi connectivity index (χ4v) is 8.25. The van der Waals surface area contributed by atoms with Gasteiger partial charge in [0.25, 0.3) is 0 Å². The van der Waals surface area contributed by atoms with E-state index in [9.17, 15) is 0 Å². The van der Waals surface area contributed by atoms with E-state index < -0.39 is 0 Å². The van der Waals surface area contributed by atoms with Gasteiger partial charge in [-0.1, -0.05) is 140 Å². The highest BCUT2D eigenvalue weighted by atomic mass is 32.1. The summed E-state index contributed by atoms with van der Waals surface area (Å²) >= 11 is 1.85. The van der Waals surface area contributed by atoms with Crippen molar-refractivity contribution in [1.29, 1.82) is 0 Å². The van der Waals surface area contributed by atoms with Gasteiger partial charge in [-0.05, 0) is 69.8 Å². The van der Waals surface area contributed by atoms with Gasteiger partial charge in [0, 0.05) is 42.1 Å². The molecule has 0 atom stereocenters. The normalized spacial score (nSPS) is 12.0. The third kappa shape index (κ3) is 5.11. The molecular formula is C47H32N2S. The van der Waals surface area contributed by atoms with Crippen LogP contribution in [0.3, 0.4) is 0 Å². The van der Waals surface area contributed by atoms with Gasteiger partial charge in [0.1, 0.15) is 0 Å². The molecule has 50 heavy (non-hydrogen) atoms. The van der Waals surface area contributed by atoms with E-state index in [1.165, 1.54) is 53.2 Å². The monoisotopic (exact) mass is 656 g/mol. The van der Waals surface area contributed by atoms with E-state index in [4.69, 9.17) is 9.97 Å². The van der Waals surface area contributed by atoms with Gasteiger partial charge in [-0.3, -0.25) is 4.98 Å². The summed E-state index contributed by atoms with van der Waals surface area (Å²) in [6, 6.07) is 47.9. The van der Waals surface area contributed by atoms with Crippen LogP contribution in [-0.4, -0.2) is 9.97 Å². The van der Waals surface area contributed by atoms with Crippen molar-refractivity contribution in [2.75, 3.05) is 0 Å². The van der Waals surface area contributed by atoms with E-state index in [1.54, 1.807) is 0 Å². The second-order valence-electron chi connectivity index (χ2n) is 12.6. The first-order valence-corrected chi connectivity index (χ1v) is 17.7. The smallest absolute Gasteiger partial charge is 0.0979 e. The Balaban J connectivity index is 1.18. The molecule has 2 nitrogen and oxygen atoms in total. The highest BCUT2D eigenvalue weighted by Gasteiger charge is 2.16. The maximum absolute atomic E-state index is 5.23. The first kappa shape index (κ1) is 29.9. The SMILES string of the molecule is C=C(/C=C\C=C/C)c1ccc2sc3c(-c4ccc(-c5cnc6c7ccccc7c7ccccc7c6n5)cc4)cc(-c4ccccc4)cc3c2c1. The van der Waals surface area contributed by atoms with Crippen molar-refractivity contribution in [2.45, 2.75) is 6.92 Å². The first-order chi connectivity index (χ1) is 24.7. The highest BCUT2D eigenvalue weighted by molar-refractivity contribution is 7.26. The van der Waals surface area contributed by atoms with Gasteiger partial charge in [0.2, 0.25) is 0 Å². The van der Waals surface area contributed by atoms with Crippen LogP contribution < -0.4 is 0 Å². The number of rotatable bonds is 6. The minimum Gasteiger partial charge on any atom is -0.252 e. The molecule has 2 aromatic heterocycles. The number of allylic oxidation sites excluding steroid dienone is 5. The molecule has 9 rings (SSSR count). The second-order valence-corrected chi connectivity index (χ2v) is 13.7. The summed E-state index contributed by atoms with van der Waals surface area (Å²) in [5.41, 5.74) is 10.7. The van der Waals surface area contributed by atoms with Gasteiger partial charge >= 0.3 is 0 Å². The lowest BCUT2D eigenvalue weighted by Gasteiger charge is -2.11. The second kappa shape index (κ2) is 12.4. The predicted molar refractivity (Wildman–Crippen MR) is 217 cm³/mol. The molecule has 0 saturated carbocycles. The average Bonchev–Trinajstić information content (AvgIpc) is 3.56. The summed E-state index contributed by atoms with van der Waals surface area (Å²) in [7, 11) is 0. The Hall–Kier alpha value is -6.16. The van der Waals surface area contributed by atoms with E-state index in [0.717, 1.165) is 44.2 Å². The Kier molecular flexibility index (Phi) is 7.41. The lowest BCUT2D eigenvalue weighted by atomic mass is 9.94. The van der Waals surface area contributed by atoms with Gasteiger partial charge in [0.05, 0.1) is 22.9 Å². The van der Waals surface area contributed by atoms with Crippen LogP contribution in [0, 0.1) is 0 Å². The molecule has 0 aliphatic rings. The van der Waals surface area contributed by atoms with Gasteiger partial charge in [0.15, 0.2) is 0 Å². The Labute approximate surface area is 295 Å². The lowest BCUT2D eigenvalue weighted by Crippen LogP contribution is -1.92. The topological polar surface area (TPSA) is 25.8 Å². The van der Waals surface area contributed by atoms with Crippen molar-refractivity contribution in [3.8, 4) is 33.5 Å². The molecule has 0 spiro atoms. The van der Waals surface area contributed by atoms with Gasteiger partial charge < -0.3 is 0 Å². The summed E-state index contributed by atoms with van der Waals surface area (Å²) in [5.74, 6) is 0. The summed E-state index contributed by atoms with van der Waals surface area (Å²) in [5, 5.41) is 7.17. The van der Waals surface area contributed by atoms with Crippen molar-refractivity contribution in [3.63, 3.8) is 0 Å². The zero-order valence-corrected chi connectivity index (χ0v) is 28.4. The van der Waals surface area contributed by atoms with Crippen molar-refractivity contribution in [2.24, 2.45) is 0 Å². The number of benzene rings is 7. The lowest BCUT2D eigenvalue weighted by molar-refractivity contribution is 1.31. The highest BCUT2D eigenvalue weighted by Crippen LogP contribution is 2.44. The number of fused-ring (bicyclic) bond motifs is 9. The summed E-state index contributed by atoms with van der Waals surface area (Å²) in [4.78, 5) is 10.2. The zero-order chi connectivity index (χ0) is 33.6. The molecule has 0 aliphatic carbocycles. The third-order valence-corrected chi connectivity index (χ3v) is 10.8. The number of hydrogen-bond acceptors (Lipinski definition) is 3. The maximum atomic E-state index is 5.23. The van der Waals surface area contributed by atoms with Crippen LogP contribution in [0.1, 0.15) is 12.5 Å². The zero-order valence-electron chi connectivity index (χ0n) is 27.6. The van der Waals surface area contributed by atoms with E-state index in [0.29, 0.717) is 0 Å². The standard InChI is InChI=1S/C47H32N2S/c1-3-4-6-13-30(2)34-24-25-44-41(26-34)42-28-35(31-14-7-5-8-15-31)27-40(47(42)50-44)32-20-22-33(23-21-32)43-29-48-45-38-18-11-9-16-36(38)37-17-10-12-19-39(37)46(45)49-43/h3-29H,2H2,1H3/b4-3-,13-6-. The molecule has 3 heteroatoms. The van der Waals surface area contributed by atoms with Crippen LogP contribution in [0.25, 0.3) is 91.8 Å². The van der Waals surface area contributed by atoms with Crippen LogP contribution in [0.5, 0.6) is 0 Å². The molecule has 0 aliphatic heterocycles. The van der Waals surface area contributed by atoms with Crippen LogP contribution in [-0.2, 0) is 0 Å². The molecule has 9 aromatic rings. The Morgan fingerprint density at radius 1 is 0.580 bits per heavy atom. The molecule has 0 fully saturated rings. The molecular weight excluding hydrogens is 625 g/mol. The predicted octanol–water partition coefficient (Wildman–Crippen LogP) is 13.5. The van der Waals surface area contributed by atoms with E-state index in [1.807, 2.05) is 42.7 Å². The fourth-order valence-electron chi connectivity index (χ4n) is 7.05. The summed E-state index contributed by atoms with van der Waals surface area (Å²) in [6.45, 7) is 6.37. The molecule has 0 bridgehead atoms. The van der Waals surface area contributed by atoms with Crippen molar-refractivity contribution in [3.05, 3.63) is 176 Å². The van der Waals surface area contributed by atoms with Crippen molar-refractivity contribution >= 4 is 69.7 Å². The van der Waals surface area contributed by atoms with Gasteiger partial charge in [-0.2, -0.15) is 0 Å². The number of hydrogen-bond donors (Lipinski definition) is 0. The minimum absolute atomic E-state index is 0.866. The summed E-state index contributed by atoms with van der Waals surface area (Å²) in [6.07, 6.45) is 10.1. The molecule has 2 heterocycles. The molecule has 0 unspecified atom stereocenters. The molecule has 236 valence electrons. The van der Waals surface area contributed by atoms with Crippen LogP contribution in [0.15, 0.2) is 171 Å². The van der Waals surface area contributed by atoms with E-state index in [2.05, 4.69) is 146 Å². The molecule has 0 radical (unpaired) electrons. The largest absolute Gasteiger partial charge is 0.252 e. The molecule has 0 amide bonds. The van der Waals surface area contributed by atoms with Gasteiger partial charge in [-0.15, -0.1) is 11.3 Å². The van der Waals surface area contributed by atoms with Crippen molar-refractivity contribution < 1.29 is 0 Å². The molecule has 7 aromatic carbocycles. The average molecular weight is 657 g/mol. The fraction of sp³-hybridized carbons (Fsp3) is 0.0213. The quantitative estimate of drug-likeness (QED) is 0.131. The minimum atomic E-state index is 0.866. The Morgan fingerprint density at radius 2 is 1.26 bits per heavy atom. The molecule has 0 saturated heterocycles. The van der Waals surface area contributed by atoms with E-state index in [-0.39, 0.29) is 0 Å². The maximum Gasteiger partial charge on any atom is 0.0979 e. The third-order valence-electron chi connectivity index (χ3n) is 9.57. The van der Waals surface area contributed by atoms with Crippen molar-refractivity contribution in [1.82, 2.24) is 9.97 Å². The summed E-state index contributed by atoms with van der Waals surface area (Å²) < 4.78 is 2.55. The van der Waals surface area contributed by atoms with Gasteiger partial charge in [-0.25, -0.2) is 4.98 Å². The number of thiophene rings is 1. The Bertz CT molecular complexity index is 2790.